The Morgan fingerprint density at radius 1 is 1.41 bits per heavy atom. The summed E-state index contributed by atoms with van der Waals surface area (Å²) in [6.07, 6.45) is 6.02. The first-order valence-corrected chi connectivity index (χ1v) is 7.94. The van der Waals surface area contributed by atoms with E-state index < -0.39 is 12.2 Å². The number of aliphatic hydroxyl groups is 1. The molecule has 0 aromatic rings. The van der Waals surface area contributed by atoms with Crippen LogP contribution in [0.2, 0.25) is 0 Å². The van der Waals surface area contributed by atoms with Crippen LogP contribution in [0.3, 0.4) is 0 Å². The van der Waals surface area contributed by atoms with Gasteiger partial charge in [-0.3, -0.25) is 9.69 Å². The molecule has 2 rings (SSSR count). The standard InChI is InChI=1S/C16H26N2O4/c1-3-7-17(2)8-6-13-4-5-14(19)15(22-13)16(20)18-9-11-21-12-10-18/h1,13-15,19H,4-12H2,2H3. The molecular weight excluding hydrogens is 284 g/mol. The fourth-order valence-corrected chi connectivity index (χ4v) is 2.87. The van der Waals surface area contributed by atoms with E-state index in [4.69, 9.17) is 15.9 Å². The van der Waals surface area contributed by atoms with Gasteiger partial charge in [0.05, 0.1) is 32.0 Å². The van der Waals surface area contributed by atoms with Gasteiger partial charge in [0.15, 0.2) is 6.10 Å². The minimum absolute atomic E-state index is 0.00128. The van der Waals surface area contributed by atoms with Gasteiger partial charge >= 0.3 is 0 Å². The lowest BCUT2D eigenvalue weighted by molar-refractivity contribution is -0.171. The third-order valence-electron chi connectivity index (χ3n) is 4.23. The summed E-state index contributed by atoms with van der Waals surface area (Å²) >= 11 is 0. The molecule has 0 saturated carbocycles. The van der Waals surface area contributed by atoms with Crippen molar-refractivity contribution in [1.82, 2.24) is 9.80 Å². The Morgan fingerprint density at radius 3 is 2.82 bits per heavy atom. The van der Waals surface area contributed by atoms with Gasteiger partial charge in [-0.2, -0.15) is 0 Å². The Morgan fingerprint density at radius 2 is 2.14 bits per heavy atom. The van der Waals surface area contributed by atoms with E-state index in [1.807, 2.05) is 11.9 Å². The summed E-state index contributed by atoms with van der Waals surface area (Å²) in [5.41, 5.74) is 0. The smallest absolute Gasteiger partial charge is 0.254 e. The zero-order valence-electron chi connectivity index (χ0n) is 13.2. The maximum atomic E-state index is 12.5. The van der Waals surface area contributed by atoms with E-state index >= 15 is 0 Å². The summed E-state index contributed by atoms with van der Waals surface area (Å²) in [6.45, 7) is 3.67. The van der Waals surface area contributed by atoms with Gasteiger partial charge < -0.3 is 19.5 Å². The highest BCUT2D eigenvalue weighted by molar-refractivity contribution is 5.81. The first-order chi connectivity index (χ1) is 10.6. The molecule has 0 aromatic heterocycles. The summed E-state index contributed by atoms with van der Waals surface area (Å²) in [5.74, 6) is 2.49. The van der Waals surface area contributed by atoms with E-state index in [0.717, 1.165) is 19.4 Å². The van der Waals surface area contributed by atoms with Gasteiger partial charge in [0.25, 0.3) is 5.91 Å². The summed E-state index contributed by atoms with van der Waals surface area (Å²) in [7, 11) is 1.97. The Balaban J connectivity index is 1.85. The van der Waals surface area contributed by atoms with E-state index in [1.165, 1.54) is 0 Å². The van der Waals surface area contributed by atoms with Crippen LogP contribution >= 0.6 is 0 Å². The molecule has 2 heterocycles. The molecule has 0 aliphatic carbocycles. The molecule has 0 spiro atoms. The number of carbonyl (C=O) groups excluding carboxylic acids is 1. The molecule has 6 heteroatoms. The minimum atomic E-state index is -0.741. The Labute approximate surface area is 132 Å². The van der Waals surface area contributed by atoms with E-state index in [9.17, 15) is 9.90 Å². The van der Waals surface area contributed by atoms with Crippen molar-refractivity contribution in [3.8, 4) is 12.3 Å². The van der Waals surface area contributed by atoms with Crippen molar-refractivity contribution in [3.05, 3.63) is 0 Å². The molecule has 1 amide bonds. The zero-order valence-corrected chi connectivity index (χ0v) is 13.2. The molecule has 2 aliphatic rings. The number of terminal acetylenes is 1. The van der Waals surface area contributed by atoms with Crippen molar-refractivity contribution in [2.24, 2.45) is 0 Å². The lowest BCUT2D eigenvalue weighted by Gasteiger charge is -2.37. The quantitative estimate of drug-likeness (QED) is 0.707. The maximum Gasteiger partial charge on any atom is 0.254 e. The summed E-state index contributed by atoms with van der Waals surface area (Å²) in [4.78, 5) is 16.3. The van der Waals surface area contributed by atoms with E-state index in [1.54, 1.807) is 4.90 Å². The molecule has 2 saturated heterocycles. The molecule has 0 bridgehead atoms. The van der Waals surface area contributed by atoms with Crippen LogP contribution in [-0.4, -0.2) is 85.6 Å². The first-order valence-electron chi connectivity index (χ1n) is 7.94. The van der Waals surface area contributed by atoms with Gasteiger partial charge in [-0.1, -0.05) is 5.92 Å². The number of nitrogens with zero attached hydrogens (tertiary/aromatic N) is 2. The molecule has 0 aromatic carbocycles. The van der Waals surface area contributed by atoms with Crippen LogP contribution in [0, 0.1) is 12.3 Å². The molecule has 2 fully saturated rings. The summed E-state index contributed by atoms with van der Waals surface area (Å²) in [5, 5.41) is 10.1. The fourth-order valence-electron chi connectivity index (χ4n) is 2.87. The van der Waals surface area contributed by atoms with E-state index in [-0.39, 0.29) is 12.0 Å². The van der Waals surface area contributed by atoms with Gasteiger partial charge in [-0.05, 0) is 26.3 Å². The molecule has 124 valence electrons. The largest absolute Gasteiger partial charge is 0.390 e. The number of aliphatic hydroxyl groups excluding tert-OH is 1. The average molecular weight is 310 g/mol. The van der Waals surface area contributed by atoms with Crippen molar-refractivity contribution >= 4 is 5.91 Å². The van der Waals surface area contributed by atoms with Gasteiger partial charge in [0.1, 0.15) is 0 Å². The Hall–Kier alpha value is -1.13. The molecule has 0 radical (unpaired) electrons. The third kappa shape index (κ3) is 4.68. The number of hydrogen-bond acceptors (Lipinski definition) is 5. The molecule has 2 aliphatic heterocycles. The second kappa shape index (κ2) is 8.49. The van der Waals surface area contributed by atoms with Crippen LogP contribution in [0.5, 0.6) is 0 Å². The maximum absolute atomic E-state index is 12.5. The van der Waals surface area contributed by atoms with Crippen LogP contribution in [-0.2, 0) is 14.3 Å². The SMILES string of the molecule is C#CCN(C)CCC1CCC(O)C(C(=O)N2CCOCC2)O1. The number of amides is 1. The predicted molar refractivity (Wildman–Crippen MR) is 82.2 cm³/mol. The number of ether oxygens (including phenoxy) is 2. The highest BCUT2D eigenvalue weighted by Gasteiger charge is 2.37. The number of hydrogen-bond donors (Lipinski definition) is 1. The molecule has 3 unspecified atom stereocenters. The van der Waals surface area contributed by atoms with Crippen molar-refractivity contribution in [2.45, 2.75) is 37.6 Å². The molecule has 6 nitrogen and oxygen atoms in total. The lowest BCUT2D eigenvalue weighted by Crippen LogP contribution is -2.53. The van der Waals surface area contributed by atoms with Crippen molar-refractivity contribution in [1.29, 1.82) is 0 Å². The monoisotopic (exact) mass is 310 g/mol. The third-order valence-corrected chi connectivity index (χ3v) is 4.23. The van der Waals surface area contributed by atoms with E-state index in [2.05, 4.69) is 5.92 Å². The van der Waals surface area contributed by atoms with Gasteiger partial charge in [-0.25, -0.2) is 0 Å². The zero-order chi connectivity index (χ0) is 15.9. The fraction of sp³-hybridized carbons (Fsp3) is 0.812. The Bertz CT molecular complexity index is 403. The van der Waals surface area contributed by atoms with Crippen molar-refractivity contribution in [2.75, 3.05) is 46.4 Å². The van der Waals surface area contributed by atoms with Crippen LogP contribution < -0.4 is 0 Å². The molecule has 3 atom stereocenters. The number of morpholine rings is 1. The average Bonchev–Trinajstić information content (AvgIpc) is 2.54. The summed E-state index contributed by atoms with van der Waals surface area (Å²) in [6, 6.07) is 0. The second-order valence-corrected chi connectivity index (χ2v) is 5.99. The first kappa shape index (κ1) is 17.2. The topological polar surface area (TPSA) is 62.2 Å². The minimum Gasteiger partial charge on any atom is -0.390 e. The highest BCUT2D eigenvalue weighted by Crippen LogP contribution is 2.23. The Kier molecular flexibility index (Phi) is 6.65. The molecular formula is C16H26N2O4. The predicted octanol–water partition coefficient (Wildman–Crippen LogP) is -0.291. The normalized spacial score (nSPS) is 29.4. The summed E-state index contributed by atoms with van der Waals surface area (Å²) < 4.78 is 11.1. The molecule has 1 N–H and O–H groups in total. The van der Waals surface area contributed by atoms with E-state index in [0.29, 0.717) is 39.3 Å². The highest BCUT2D eigenvalue weighted by atomic mass is 16.5. The molecule has 22 heavy (non-hydrogen) atoms. The number of carbonyl (C=O) groups is 1. The van der Waals surface area contributed by atoms with Gasteiger partial charge in [0, 0.05) is 19.6 Å². The van der Waals surface area contributed by atoms with Crippen LogP contribution in [0.25, 0.3) is 0 Å². The lowest BCUT2D eigenvalue weighted by atomic mass is 9.98. The van der Waals surface area contributed by atoms with Gasteiger partial charge in [-0.15, -0.1) is 6.42 Å². The van der Waals surface area contributed by atoms with Crippen LogP contribution in [0.4, 0.5) is 0 Å². The van der Waals surface area contributed by atoms with Crippen LogP contribution in [0.1, 0.15) is 19.3 Å². The number of rotatable bonds is 5. The second-order valence-electron chi connectivity index (χ2n) is 5.99. The van der Waals surface area contributed by atoms with Crippen LogP contribution in [0.15, 0.2) is 0 Å². The van der Waals surface area contributed by atoms with Gasteiger partial charge in [0.2, 0.25) is 0 Å². The van der Waals surface area contributed by atoms with Crippen molar-refractivity contribution < 1.29 is 19.4 Å². The van der Waals surface area contributed by atoms with Crippen molar-refractivity contribution in [3.63, 3.8) is 0 Å².